The molecule has 2 N–H and O–H groups in total. The SMILES string of the molecule is CCCCOCCOc1nc(C(=O)OC)ccc1N. The minimum Gasteiger partial charge on any atom is -0.474 e. The molecule has 0 aliphatic rings. The molecule has 1 heterocycles. The Morgan fingerprint density at radius 1 is 1.32 bits per heavy atom. The zero-order chi connectivity index (χ0) is 14.1. The first-order chi connectivity index (χ1) is 9.19. The monoisotopic (exact) mass is 268 g/mol. The normalized spacial score (nSPS) is 10.2. The molecule has 0 spiro atoms. The number of unbranched alkanes of at least 4 members (excludes halogenated alkanes) is 1. The van der Waals surface area contributed by atoms with Crippen LogP contribution in [0.1, 0.15) is 30.3 Å². The van der Waals surface area contributed by atoms with Crippen LogP contribution in [0.5, 0.6) is 5.88 Å². The van der Waals surface area contributed by atoms with Gasteiger partial charge in [-0.1, -0.05) is 13.3 Å². The molecule has 0 bridgehead atoms. The third-order valence-corrected chi connectivity index (χ3v) is 2.39. The predicted molar refractivity (Wildman–Crippen MR) is 71.2 cm³/mol. The molecule has 0 saturated carbocycles. The molecule has 1 aromatic heterocycles. The Morgan fingerprint density at radius 3 is 2.79 bits per heavy atom. The zero-order valence-corrected chi connectivity index (χ0v) is 11.3. The Kier molecular flexibility index (Phi) is 6.67. The number of hydrogen-bond donors (Lipinski definition) is 1. The van der Waals surface area contributed by atoms with Crippen LogP contribution in [0.2, 0.25) is 0 Å². The highest BCUT2D eigenvalue weighted by atomic mass is 16.5. The molecule has 0 saturated heterocycles. The molecule has 1 rings (SSSR count). The van der Waals surface area contributed by atoms with E-state index in [1.54, 1.807) is 6.07 Å². The van der Waals surface area contributed by atoms with E-state index in [9.17, 15) is 4.79 Å². The van der Waals surface area contributed by atoms with Crippen molar-refractivity contribution in [3.05, 3.63) is 17.8 Å². The molecule has 6 heteroatoms. The molecule has 6 nitrogen and oxygen atoms in total. The van der Waals surface area contributed by atoms with Crippen LogP contribution >= 0.6 is 0 Å². The number of rotatable bonds is 8. The number of aromatic nitrogens is 1. The summed E-state index contributed by atoms with van der Waals surface area (Å²) in [5.74, 6) is -0.300. The first kappa shape index (κ1) is 15.2. The van der Waals surface area contributed by atoms with Crippen LogP contribution in [-0.4, -0.2) is 37.9 Å². The molecule has 0 fully saturated rings. The molecule has 0 aliphatic carbocycles. The molecule has 0 aromatic carbocycles. The van der Waals surface area contributed by atoms with E-state index in [1.807, 2.05) is 0 Å². The molecule has 0 radical (unpaired) electrons. The van der Waals surface area contributed by atoms with E-state index in [0.29, 0.717) is 25.5 Å². The van der Waals surface area contributed by atoms with Gasteiger partial charge in [-0.2, -0.15) is 0 Å². The van der Waals surface area contributed by atoms with E-state index in [0.717, 1.165) is 12.8 Å². The first-order valence-corrected chi connectivity index (χ1v) is 6.24. The van der Waals surface area contributed by atoms with Crippen LogP contribution in [0.15, 0.2) is 12.1 Å². The lowest BCUT2D eigenvalue weighted by molar-refractivity contribution is 0.0592. The number of hydrogen-bond acceptors (Lipinski definition) is 6. The van der Waals surface area contributed by atoms with Gasteiger partial charge in [0.05, 0.1) is 19.4 Å². The Hall–Kier alpha value is -1.82. The van der Waals surface area contributed by atoms with Crippen molar-refractivity contribution in [3.8, 4) is 5.88 Å². The number of carbonyl (C=O) groups is 1. The number of methoxy groups -OCH3 is 1. The minimum atomic E-state index is -0.524. The van der Waals surface area contributed by atoms with Gasteiger partial charge in [-0.15, -0.1) is 0 Å². The molecule has 0 aliphatic heterocycles. The van der Waals surface area contributed by atoms with Gasteiger partial charge in [0.15, 0.2) is 5.69 Å². The molecule has 106 valence electrons. The van der Waals surface area contributed by atoms with Crippen LogP contribution in [0.25, 0.3) is 0 Å². The number of esters is 1. The van der Waals surface area contributed by atoms with Crippen molar-refractivity contribution < 1.29 is 19.0 Å². The van der Waals surface area contributed by atoms with E-state index in [1.165, 1.54) is 13.2 Å². The summed E-state index contributed by atoms with van der Waals surface area (Å²) in [5.41, 5.74) is 6.25. The van der Waals surface area contributed by atoms with Crippen LogP contribution in [0.3, 0.4) is 0 Å². The highest BCUT2D eigenvalue weighted by Crippen LogP contribution is 2.18. The molecule has 0 amide bonds. The average Bonchev–Trinajstić information content (AvgIpc) is 2.43. The molecule has 0 unspecified atom stereocenters. The van der Waals surface area contributed by atoms with Crippen molar-refractivity contribution in [1.82, 2.24) is 4.98 Å². The number of anilines is 1. The fourth-order valence-electron chi connectivity index (χ4n) is 1.33. The third kappa shape index (κ3) is 5.13. The van der Waals surface area contributed by atoms with Gasteiger partial charge in [-0.05, 0) is 18.6 Å². The fourth-order valence-corrected chi connectivity index (χ4v) is 1.33. The van der Waals surface area contributed by atoms with E-state index in [2.05, 4.69) is 16.6 Å². The van der Waals surface area contributed by atoms with Gasteiger partial charge in [0.2, 0.25) is 5.88 Å². The predicted octanol–water partition coefficient (Wildman–Crippen LogP) is 1.65. The largest absolute Gasteiger partial charge is 0.474 e. The van der Waals surface area contributed by atoms with Crippen molar-refractivity contribution >= 4 is 11.7 Å². The van der Waals surface area contributed by atoms with E-state index >= 15 is 0 Å². The van der Waals surface area contributed by atoms with E-state index < -0.39 is 5.97 Å². The molecule has 1 aromatic rings. The summed E-state index contributed by atoms with van der Waals surface area (Å²) in [4.78, 5) is 15.3. The van der Waals surface area contributed by atoms with E-state index in [-0.39, 0.29) is 11.6 Å². The number of ether oxygens (including phenoxy) is 3. The van der Waals surface area contributed by atoms with Crippen molar-refractivity contribution in [2.75, 3.05) is 32.7 Å². The number of nitrogens with two attached hydrogens (primary N) is 1. The summed E-state index contributed by atoms with van der Waals surface area (Å²) in [6, 6.07) is 3.05. The zero-order valence-electron chi connectivity index (χ0n) is 11.3. The number of nitrogen functional groups attached to an aromatic ring is 1. The maximum atomic E-state index is 11.3. The second-order valence-corrected chi connectivity index (χ2v) is 3.90. The molecular formula is C13H20N2O4. The molecular weight excluding hydrogens is 248 g/mol. The second kappa shape index (κ2) is 8.31. The summed E-state index contributed by atoms with van der Waals surface area (Å²) < 4.78 is 15.3. The molecule has 19 heavy (non-hydrogen) atoms. The maximum absolute atomic E-state index is 11.3. The lowest BCUT2D eigenvalue weighted by Gasteiger charge is -2.09. The quantitative estimate of drug-likeness (QED) is 0.570. The summed E-state index contributed by atoms with van der Waals surface area (Å²) in [6.07, 6.45) is 2.12. The maximum Gasteiger partial charge on any atom is 0.356 e. The fraction of sp³-hybridized carbons (Fsp3) is 0.538. The van der Waals surface area contributed by atoms with Crippen LogP contribution in [-0.2, 0) is 9.47 Å². The minimum absolute atomic E-state index is 0.165. The summed E-state index contributed by atoms with van der Waals surface area (Å²) in [5, 5.41) is 0. The summed E-state index contributed by atoms with van der Waals surface area (Å²) in [7, 11) is 1.29. The smallest absolute Gasteiger partial charge is 0.356 e. The number of nitrogens with zero attached hydrogens (tertiary/aromatic N) is 1. The van der Waals surface area contributed by atoms with Gasteiger partial charge >= 0.3 is 5.97 Å². The van der Waals surface area contributed by atoms with Gasteiger partial charge < -0.3 is 19.9 Å². The molecule has 0 atom stereocenters. The van der Waals surface area contributed by atoms with Gasteiger partial charge in [0, 0.05) is 6.61 Å². The second-order valence-electron chi connectivity index (χ2n) is 3.90. The number of pyridine rings is 1. The Morgan fingerprint density at radius 2 is 2.11 bits per heavy atom. The van der Waals surface area contributed by atoms with Crippen LogP contribution in [0, 0.1) is 0 Å². The average molecular weight is 268 g/mol. The lowest BCUT2D eigenvalue weighted by Crippen LogP contribution is -2.11. The highest BCUT2D eigenvalue weighted by Gasteiger charge is 2.11. The lowest BCUT2D eigenvalue weighted by atomic mass is 10.3. The third-order valence-electron chi connectivity index (χ3n) is 2.39. The van der Waals surface area contributed by atoms with Gasteiger partial charge in [-0.3, -0.25) is 0 Å². The summed E-state index contributed by atoms with van der Waals surface area (Å²) in [6.45, 7) is 3.61. The van der Waals surface area contributed by atoms with Crippen LogP contribution in [0.4, 0.5) is 5.69 Å². The topological polar surface area (TPSA) is 83.7 Å². The van der Waals surface area contributed by atoms with Crippen molar-refractivity contribution in [3.63, 3.8) is 0 Å². The van der Waals surface area contributed by atoms with Crippen molar-refractivity contribution in [2.45, 2.75) is 19.8 Å². The Labute approximate surface area is 112 Å². The van der Waals surface area contributed by atoms with Gasteiger partial charge in [0.1, 0.15) is 6.61 Å². The highest BCUT2D eigenvalue weighted by molar-refractivity contribution is 5.87. The van der Waals surface area contributed by atoms with Crippen molar-refractivity contribution in [2.24, 2.45) is 0 Å². The van der Waals surface area contributed by atoms with Crippen LogP contribution < -0.4 is 10.5 Å². The van der Waals surface area contributed by atoms with Crippen molar-refractivity contribution in [1.29, 1.82) is 0 Å². The first-order valence-electron chi connectivity index (χ1n) is 6.24. The standard InChI is InChI=1S/C13H20N2O4/c1-3-4-7-18-8-9-19-12-10(14)5-6-11(15-12)13(16)17-2/h5-6H,3-4,7-9,14H2,1-2H3. The summed E-state index contributed by atoms with van der Waals surface area (Å²) >= 11 is 0. The van der Waals surface area contributed by atoms with Gasteiger partial charge in [0.25, 0.3) is 0 Å². The Balaban J connectivity index is 2.46. The number of carbonyl (C=O) groups excluding carboxylic acids is 1. The van der Waals surface area contributed by atoms with E-state index in [4.69, 9.17) is 15.2 Å². The van der Waals surface area contributed by atoms with Gasteiger partial charge in [-0.25, -0.2) is 9.78 Å². The Bertz CT molecular complexity index is 410.